The van der Waals surface area contributed by atoms with Gasteiger partial charge in [0.05, 0.1) is 17.7 Å². The minimum Gasteiger partial charge on any atom is -0.495 e. The van der Waals surface area contributed by atoms with Gasteiger partial charge in [0.25, 0.3) is 0 Å². The fraction of sp³-hybridized carbons (Fsp3) is 0.462. The van der Waals surface area contributed by atoms with Crippen molar-refractivity contribution >= 4 is 17.4 Å². The molecule has 0 aliphatic carbocycles. The number of ether oxygens (including phenoxy) is 2. The van der Waals surface area contributed by atoms with E-state index in [0.717, 1.165) is 0 Å². The molecule has 0 saturated carbocycles. The Morgan fingerprint density at radius 2 is 2.00 bits per heavy atom. The van der Waals surface area contributed by atoms with Gasteiger partial charge in [-0.05, 0) is 39.0 Å². The van der Waals surface area contributed by atoms with E-state index >= 15 is 0 Å². The molecule has 1 aromatic carbocycles. The number of halogens is 1. The molecular weight excluding hydrogens is 240 g/mol. The van der Waals surface area contributed by atoms with Crippen molar-refractivity contribution in [1.29, 1.82) is 0 Å². The Labute approximate surface area is 107 Å². The highest BCUT2D eigenvalue weighted by Gasteiger charge is 2.15. The summed E-state index contributed by atoms with van der Waals surface area (Å²) in [4.78, 5) is 11.8. The zero-order chi connectivity index (χ0) is 13.1. The molecule has 0 aliphatic heterocycles. The van der Waals surface area contributed by atoms with E-state index in [0.29, 0.717) is 16.3 Å². The maximum Gasteiger partial charge on any atom is 0.188 e. The molecule has 0 radical (unpaired) electrons. The molecule has 0 amide bonds. The van der Waals surface area contributed by atoms with Gasteiger partial charge in [0.15, 0.2) is 5.78 Å². The minimum atomic E-state index is -0.327. The first-order chi connectivity index (χ1) is 7.83. The van der Waals surface area contributed by atoms with Crippen molar-refractivity contribution < 1.29 is 14.3 Å². The second kappa shape index (κ2) is 5.52. The predicted molar refractivity (Wildman–Crippen MR) is 68.0 cm³/mol. The average Bonchev–Trinajstić information content (AvgIpc) is 2.24. The summed E-state index contributed by atoms with van der Waals surface area (Å²) in [5.41, 5.74) is 0.200. The van der Waals surface area contributed by atoms with Crippen LogP contribution in [0.2, 0.25) is 5.02 Å². The third-order valence-corrected chi connectivity index (χ3v) is 2.41. The molecule has 1 aromatic rings. The van der Waals surface area contributed by atoms with E-state index in [1.54, 1.807) is 18.2 Å². The third-order valence-electron chi connectivity index (χ3n) is 2.11. The number of methoxy groups -OCH3 is 1. The molecule has 0 bridgehead atoms. The molecule has 94 valence electrons. The van der Waals surface area contributed by atoms with Gasteiger partial charge in [0.2, 0.25) is 0 Å². The molecule has 0 fully saturated rings. The Balaban J connectivity index is 2.73. The number of hydrogen-bond donors (Lipinski definition) is 0. The number of carbonyl (C=O) groups excluding carboxylic acids is 1. The summed E-state index contributed by atoms with van der Waals surface area (Å²) in [6, 6.07) is 4.94. The SMILES string of the molecule is COc1ccc(C(=O)COC(C)(C)C)cc1Cl. The third kappa shape index (κ3) is 4.36. The molecule has 3 nitrogen and oxygen atoms in total. The Morgan fingerprint density at radius 3 is 2.47 bits per heavy atom. The standard InChI is InChI=1S/C13H17ClO3/c1-13(2,3)17-8-11(15)9-5-6-12(16-4)10(14)7-9/h5-7H,8H2,1-4H3. The van der Waals surface area contributed by atoms with Gasteiger partial charge in [0.1, 0.15) is 12.4 Å². The van der Waals surface area contributed by atoms with E-state index in [1.165, 1.54) is 7.11 Å². The summed E-state index contributed by atoms with van der Waals surface area (Å²) < 4.78 is 10.4. The van der Waals surface area contributed by atoms with Crippen LogP contribution in [0.15, 0.2) is 18.2 Å². The van der Waals surface area contributed by atoms with Crippen molar-refractivity contribution in [3.8, 4) is 5.75 Å². The minimum absolute atomic E-state index is 0.0478. The Hall–Kier alpha value is -1.06. The van der Waals surface area contributed by atoms with E-state index in [2.05, 4.69) is 0 Å². The van der Waals surface area contributed by atoms with Crippen LogP contribution in [0.1, 0.15) is 31.1 Å². The van der Waals surface area contributed by atoms with Crippen LogP contribution >= 0.6 is 11.6 Å². The normalized spacial score (nSPS) is 11.4. The molecule has 4 heteroatoms. The van der Waals surface area contributed by atoms with Gasteiger partial charge in [0, 0.05) is 5.56 Å². The Bertz CT molecular complexity index is 408. The maximum atomic E-state index is 11.8. The second-order valence-corrected chi connectivity index (χ2v) is 5.08. The van der Waals surface area contributed by atoms with Crippen LogP contribution in [0.5, 0.6) is 5.75 Å². The van der Waals surface area contributed by atoms with Gasteiger partial charge in [-0.2, -0.15) is 0 Å². The largest absolute Gasteiger partial charge is 0.495 e. The molecule has 0 saturated heterocycles. The first kappa shape index (κ1) is 14.0. The highest BCUT2D eigenvalue weighted by molar-refractivity contribution is 6.32. The van der Waals surface area contributed by atoms with Crippen molar-refractivity contribution in [2.24, 2.45) is 0 Å². The zero-order valence-corrected chi connectivity index (χ0v) is 11.3. The fourth-order valence-electron chi connectivity index (χ4n) is 1.21. The van der Waals surface area contributed by atoms with E-state index in [4.69, 9.17) is 21.1 Å². The van der Waals surface area contributed by atoms with Gasteiger partial charge in [-0.15, -0.1) is 0 Å². The van der Waals surface area contributed by atoms with Crippen molar-refractivity contribution in [2.45, 2.75) is 26.4 Å². The van der Waals surface area contributed by atoms with Gasteiger partial charge in [-0.1, -0.05) is 11.6 Å². The number of ketones is 1. The monoisotopic (exact) mass is 256 g/mol. The molecule has 0 atom stereocenters. The van der Waals surface area contributed by atoms with E-state index in [1.807, 2.05) is 20.8 Å². The molecule has 0 unspecified atom stereocenters. The van der Waals surface area contributed by atoms with Gasteiger partial charge >= 0.3 is 0 Å². The number of benzene rings is 1. The van der Waals surface area contributed by atoms with Crippen LogP contribution in [0.25, 0.3) is 0 Å². The number of Topliss-reactive ketones (excluding diaryl/α,β-unsaturated/α-hetero) is 1. The quantitative estimate of drug-likeness (QED) is 0.775. The topological polar surface area (TPSA) is 35.5 Å². The molecule has 0 spiro atoms. The molecule has 0 aliphatic rings. The fourth-order valence-corrected chi connectivity index (χ4v) is 1.46. The molecular formula is C13H17ClO3. The predicted octanol–water partition coefficient (Wildman–Crippen LogP) is 3.35. The van der Waals surface area contributed by atoms with Crippen LogP contribution in [-0.4, -0.2) is 25.1 Å². The highest BCUT2D eigenvalue weighted by atomic mass is 35.5. The smallest absolute Gasteiger partial charge is 0.188 e. The first-order valence-electron chi connectivity index (χ1n) is 5.34. The maximum absolute atomic E-state index is 11.8. The van der Waals surface area contributed by atoms with Crippen molar-refractivity contribution in [3.05, 3.63) is 28.8 Å². The van der Waals surface area contributed by atoms with Crippen LogP contribution in [0.4, 0.5) is 0 Å². The molecule has 0 heterocycles. The lowest BCUT2D eigenvalue weighted by Gasteiger charge is -2.18. The van der Waals surface area contributed by atoms with Gasteiger partial charge in [-0.3, -0.25) is 4.79 Å². The number of carbonyl (C=O) groups is 1. The Kier molecular flexibility index (Phi) is 4.54. The van der Waals surface area contributed by atoms with E-state index in [-0.39, 0.29) is 18.0 Å². The lowest BCUT2D eigenvalue weighted by molar-refractivity contribution is 0.00306. The van der Waals surface area contributed by atoms with Crippen LogP contribution in [0, 0.1) is 0 Å². The Morgan fingerprint density at radius 1 is 1.35 bits per heavy atom. The summed E-state index contributed by atoms with van der Waals surface area (Å²) in [7, 11) is 1.53. The summed E-state index contributed by atoms with van der Waals surface area (Å²) in [5, 5.41) is 0.425. The van der Waals surface area contributed by atoms with Gasteiger partial charge < -0.3 is 9.47 Å². The van der Waals surface area contributed by atoms with Crippen molar-refractivity contribution in [2.75, 3.05) is 13.7 Å². The van der Waals surface area contributed by atoms with Crippen molar-refractivity contribution in [3.63, 3.8) is 0 Å². The number of hydrogen-bond acceptors (Lipinski definition) is 3. The molecule has 0 aromatic heterocycles. The van der Waals surface area contributed by atoms with E-state index in [9.17, 15) is 4.79 Å². The molecule has 0 N–H and O–H groups in total. The zero-order valence-electron chi connectivity index (χ0n) is 10.5. The number of rotatable bonds is 4. The summed E-state index contributed by atoms with van der Waals surface area (Å²) in [5.74, 6) is 0.462. The first-order valence-corrected chi connectivity index (χ1v) is 5.72. The molecule has 1 rings (SSSR count). The lowest BCUT2D eigenvalue weighted by atomic mass is 10.1. The van der Waals surface area contributed by atoms with Crippen molar-refractivity contribution in [1.82, 2.24) is 0 Å². The van der Waals surface area contributed by atoms with Crippen LogP contribution in [-0.2, 0) is 4.74 Å². The second-order valence-electron chi connectivity index (χ2n) is 4.67. The average molecular weight is 257 g/mol. The summed E-state index contributed by atoms with van der Waals surface area (Å²) >= 11 is 5.95. The molecule has 17 heavy (non-hydrogen) atoms. The summed E-state index contributed by atoms with van der Waals surface area (Å²) in [6.07, 6.45) is 0. The highest BCUT2D eigenvalue weighted by Crippen LogP contribution is 2.25. The van der Waals surface area contributed by atoms with Crippen LogP contribution < -0.4 is 4.74 Å². The van der Waals surface area contributed by atoms with Crippen LogP contribution in [0.3, 0.4) is 0 Å². The lowest BCUT2D eigenvalue weighted by Crippen LogP contribution is -2.23. The van der Waals surface area contributed by atoms with Gasteiger partial charge in [-0.25, -0.2) is 0 Å². The van der Waals surface area contributed by atoms with E-state index < -0.39 is 0 Å². The summed E-state index contributed by atoms with van der Waals surface area (Å²) in [6.45, 7) is 5.76.